The fourth-order valence-corrected chi connectivity index (χ4v) is 3.30. The van der Waals surface area contributed by atoms with Crippen molar-refractivity contribution in [1.29, 1.82) is 0 Å². The minimum absolute atomic E-state index is 0.00566. The van der Waals surface area contributed by atoms with Crippen LogP contribution in [-0.4, -0.2) is 27.5 Å². The van der Waals surface area contributed by atoms with Crippen molar-refractivity contribution in [1.82, 2.24) is 15.3 Å². The lowest BCUT2D eigenvalue weighted by molar-refractivity contribution is -0.121. The van der Waals surface area contributed by atoms with E-state index >= 15 is 0 Å². The van der Waals surface area contributed by atoms with Crippen LogP contribution in [0, 0.1) is 0 Å². The van der Waals surface area contributed by atoms with E-state index in [1.54, 1.807) is 35.9 Å². The molecule has 0 saturated heterocycles. The molecule has 0 aliphatic rings. The van der Waals surface area contributed by atoms with Crippen LogP contribution in [-0.2, 0) is 17.6 Å². The van der Waals surface area contributed by atoms with Crippen LogP contribution in [0.15, 0.2) is 54.2 Å². The van der Waals surface area contributed by atoms with Crippen molar-refractivity contribution in [3.8, 4) is 16.3 Å². The summed E-state index contributed by atoms with van der Waals surface area (Å²) in [4.78, 5) is 20.5. The highest BCUT2D eigenvalue weighted by Gasteiger charge is 2.08. The van der Waals surface area contributed by atoms with Gasteiger partial charge in [0.15, 0.2) is 0 Å². The zero-order chi connectivity index (χ0) is 17.5. The van der Waals surface area contributed by atoms with Gasteiger partial charge in [-0.1, -0.05) is 18.2 Å². The average molecular weight is 353 g/mol. The molecule has 2 aromatic heterocycles. The predicted octanol–water partition coefficient (Wildman–Crippen LogP) is 3.20. The number of aromatic hydroxyl groups is 1. The van der Waals surface area contributed by atoms with E-state index in [1.807, 2.05) is 29.6 Å². The first-order valence-corrected chi connectivity index (χ1v) is 8.99. The van der Waals surface area contributed by atoms with Crippen LogP contribution in [0.3, 0.4) is 0 Å². The Labute approximate surface area is 150 Å². The second-order valence-corrected chi connectivity index (χ2v) is 6.47. The molecule has 0 fully saturated rings. The highest BCUT2D eigenvalue weighted by Crippen LogP contribution is 2.23. The van der Waals surface area contributed by atoms with Gasteiger partial charge < -0.3 is 10.4 Å². The topological polar surface area (TPSA) is 75.1 Å². The van der Waals surface area contributed by atoms with Crippen LogP contribution in [0.25, 0.3) is 10.6 Å². The Kier molecular flexibility index (Phi) is 5.74. The average Bonchev–Trinajstić information content (AvgIpc) is 3.11. The van der Waals surface area contributed by atoms with Crippen molar-refractivity contribution >= 4 is 17.2 Å². The Morgan fingerprint density at radius 1 is 1.12 bits per heavy atom. The number of phenols is 1. The number of thiazole rings is 1. The number of aryl methyl sites for hydroxylation is 1. The largest absolute Gasteiger partial charge is 0.508 e. The highest BCUT2D eigenvalue weighted by atomic mass is 32.1. The predicted molar refractivity (Wildman–Crippen MR) is 98.5 cm³/mol. The van der Waals surface area contributed by atoms with E-state index in [4.69, 9.17) is 0 Å². The molecule has 0 radical (unpaired) electrons. The summed E-state index contributed by atoms with van der Waals surface area (Å²) in [5.41, 5.74) is 2.80. The van der Waals surface area contributed by atoms with Crippen LogP contribution < -0.4 is 5.32 Å². The number of hydrogen-bond donors (Lipinski definition) is 2. The zero-order valence-electron chi connectivity index (χ0n) is 13.7. The van der Waals surface area contributed by atoms with Gasteiger partial charge in [0.1, 0.15) is 10.8 Å². The summed E-state index contributed by atoms with van der Waals surface area (Å²) in [6.45, 7) is 0.510. The number of phenolic OH excluding ortho intramolecular Hbond substituents is 1. The maximum Gasteiger partial charge on any atom is 0.220 e. The van der Waals surface area contributed by atoms with Crippen LogP contribution in [0.1, 0.15) is 17.7 Å². The molecule has 25 heavy (non-hydrogen) atoms. The maximum atomic E-state index is 12.0. The standard InChI is InChI=1S/C19H19N3O2S/c23-17-4-2-1-3-14(17)9-12-21-18(24)6-5-16-13-25-19(22-16)15-7-10-20-11-8-15/h1-4,7-8,10-11,13,23H,5-6,9,12H2,(H,21,24). The first-order valence-electron chi connectivity index (χ1n) is 8.11. The summed E-state index contributed by atoms with van der Waals surface area (Å²) in [6, 6.07) is 11.0. The van der Waals surface area contributed by atoms with Gasteiger partial charge in [-0.3, -0.25) is 9.78 Å². The number of pyridine rings is 1. The van der Waals surface area contributed by atoms with E-state index in [9.17, 15) is 9.90 Å². The lowest BCUT2D eigenvalue weighted by Gasteiger charge is -2.06. The number of amides is 1. The number of carbonyl (C=O) groups is 1. The van der Waals surface area contributed by atoms with Crippen molar-refractivity contribution in [3.05, 3.63) is 65.4 Å². The molecule has 5 nitrogen and oxygen atoms in total. The monoisotopic (exact) mass is 353 g/mol. The van der Waals surface area contributed by atoms with E-state index < -0.39 is 0 Å². The second-order valence-electron chi connectivity index (χ2n) is 5.61. The Balaban J connectivity index is 1.44. The van der Waals surface area contributed by atoms with Crippen LogP contribution in [0.4, 0.5) is 0 Å². The maximum absolute atomic E-state index is 12.0. The number of aromatic nitrogens is 2. The molecular formula is C19H19N3O2S. The Hall–Kier alpha value is -2.73. The fraction of sp³-hybridized carbons (Fsp3) is 0.211. The number of rotatable bonds is 7. The smallest absolute Gasteiger partial charge is 0.220 e. The van der Waals surface area contributed by atoms with Gasteiger partial charge >= 0.3 is 0 Å². The molecule has 0 bridgehead atoms. The molecule has 0 spiro atoms. The lowest BCUT2D eigenvalue weighted by atomic mass is 10.1. The molecule has 0 aliphatic carbocycles. The first kappa shape index (κ1) is 17.1. The van der Waals surface area contributed by atoms with Crippen molar-refractivity contribution in [2.24, 2.45) is 0 Å². The SMILES string of the molecule is O=C(CCc1csc(-c2ccncc2)n1)NCCc1ccccc1O. The fourth-order valence-electron chi connectivity index (χ4n) is 2.44. The number of carbonyl (C=O) groups excluding carboxylic acids is 1. The van der Waals surface area contributed by atoms with E-state index in [0.29, 0.717) is 25.8 Å². The Morgan fingerprint density at radius 2 is 1.92 bits per heavy atom. The second kappa shape index (κ2) is 8.39. The molecule has 0 saturated carbocycles. The van der Waals surface area contributed by atoms with E-state index in [-0.39, 0.29) is 11.7 Å². The van der Waals surface area contributed by atoms with Gasteiger partial charge in [0.05, 0.1) is 5.69 Å². The zero-order valence-corrected chi connectivity index (χ0v) is 14.5. The minimum Gasteiger partial charge on any atom is -0.508 e. The van der Waals surface area contributed by atoms with E-state index in [0.717, 1.165) is 21.8 Å². The highest BCUT2D eigenvalue weighted by molar-refractivity contribution is 7.13. The summed E-state index contributed by atoms with van der Waals surface area (Å²) >= 11 is 1.57. The van der Waals surface area contributed by atoms with Gasteiger partial charge in [0, 0.05) is 36.3 Å². The number of nitrogens with zero attached hydrogens (tertiary/aromatic N) is 2. The van der Waals surface area contributed by atoms with Crippen LogP contribution in [0.5, 0.6) is 5.75 Å². The minimum atomic E-state index is -0.00566. The molecule has 0 unspecified atom stereocenters. The number of benzene rings is 1. The Morgan fingerprint density at radius 3 is 2.72 bits per heavy atom. The van der Waals surface area contributed by atoms with Gasteiger partial charge in [-0.2, -0.15) is 0 Å². The van der Waals surface area contributed by atoms with Gasteiger partial charge in [-0.05, 0) is 36.6 Å². The summed E-state index contributed by atoms with van der Waals surface area (Å²) < 4.78 is 0. The third kappa shape index (κ3) is 4.87. The number of nitrogens with one attached hydrogen (secondary N) is 1. The van der Waals surface area contributed by atoms with Gasteiger partial charge in [0.2, 0.25) is 5.91 Å². The quantitative estimate of drug-likeness (QED) is 0.684. The third-order valence-electron chi connectivity index (χ3n) is 3.80. The molecule has 128 valence electrons. The molecule has 1 amide bonds. The molecule has 2 heterocycles. The summed E-state index contributed by atoms with van der Waals surface area (Å²) in [6.07, 6.45) is 5.12. The van der Waals surface area contributed by atoms with Crippen LogP contribution in [0.2, 0.25) is 0 Å². The van der Waals surface area contributed by atoms with Crippen LogP contribution >= 0.6 is 11.3 Å². The molecule has 3 aromatic rings. The molecule has 1 aromatic carbocycles. The van der Waals surface area contributed by atoms with Gasteiger partial charge in [-0.15, -0.1) is 11.3 Å². The molecule has 0 atom stereocenters. The van der Waals surface area contributed by atoms with Gasteiger partial charge in [-0.25, -0.2) is 4.98 Å². The van der Waals surface area contributed by atoms with Crippen molar-refractivity contribution in [2.75, 3.05) is 6.54 Å². The molecule has 3 rings (SSSR count). The first-order chi connectivity index (χ1) is 12.2. The van der Waals surface area contributed by atoms with E-state index in [2.05, 4.69) is 15.3 Å². The normalized spacial score (nSPS) is 10.6. The van der Waals surface area contributed by atoms with Crippen molar-refractivity contribution in [2.45, 2.75) is 19.3 Å². The number of para-hydroxylation sites is 1. The third-order valence-corrected chi connectivity index (χ3v) is 4.74. The Bertz CT molecular complexity index is 833. The lowest BCUT2D eigenvalue weighted by Crippen LogP contribution is -2.25. The number of hydrogen-bond acceptors (Lipinski definition) is 5. The van der Waals surface area contributed by atoms with Crippen molar-refractivity contribution in [3.63, 3.8) is 0 Å². The summed E-state index contributed by atoms with van der Waals surface area (Å²) in [5, 5.41) is 15.5. The van der Waals surface area contributed by atoms with Gasteiger partial charge in [0.25, 0.3) is 0 Å². The molecule has 2 N–H and O–H groups in total. The summed E-state index contributed by atoms with van der Waals surface area (Å²) in [5.74, 6) is 0.261. The summed E-state index contributed by atoms with van der Waals surface area (Å²) in [7, 11) is 0. The molecular weight excluding hydrogens is 334 g/mol. The van der Waals surface area contributed by atoms with E-state index in [1.165, 1.54) is 0 Å². The molecule has 0 aliphatic heterocycles. The van der Waals surface area contributed by atoms with Crippen molar-refractivity contribution < 1.29 is 9.90 Å². The molecule has 6 heteroatoms.